The minimum Gasteiger partial charge on any atom is -0.389 e. The van der Waals surface area contributed by atoms with Crippen LogP contribution in [0.15, 0.2) is 47.6 Å². The average molecular weight is 303 g/mol. The number of thioether (sulfide) groups is 1. The highest BCUT2D eigenvalue weighted by molar-refractivity contribution is 7.98. The van der Waals surface area contributed by atoms with E-state index in [1.165, 1.54) is 0 Å². The minimum atomic E-state index is 0.133. The van der Waals surface area contributed by atoms with E-state index in [4.69, 9.17) is 18.0 Å². The van der Waals surface area contributed by atoms with E-state index in [9.17, 15) is 0 Å². The lowest BCUT2D eigenvalue weighted by Gasteiger charge is -2.19. The van der Waals surface area contributed by atoms with Gasteiger partial charge in [-0.3, -0.25) is 4.98 Å². The first-order valence-corrected chi connectivity index (χ1v) is 7.90. The highest BCUT2D eigenvalue weighted by atomic mass is 32.2. The number of thiocarbonyl (C=S) groups is 1. The van der Waals surface area contributed by atoms with Gasteiger partial charge in [0.15, 0.2) is 0 Å². The molecule has 2 rings (SSSR count). The Kier molecular flexibility index (Phi) is 4.98. The molecule has 1 aromatic carbocycles. The van der Waals surface area contributed by atoms with Gasteiger partial charge >= 0.3 is 0 Å². The molecule has 0 aliphatic heterocycles. The molecule has 3 N–H and O–H groups in total. The maximum Gasteiger partial charge on any atom is 0.107 e. The predicted molar refractivity (Wildman–Crippen MR) is 90.4 cm³/mol. The van der Waals surface area contributed by atoms with Crippen LogP contribution in [0.3, 0.4) is 0 Å². The molecule has 0 fully saturated rings. The highest BCUT2D eigenvalue weighted by Crippen LogP contribution is 2.29. The van der Waals surface area contributed by atoms with Gasteiger partial charge in [-0.2, -0.15) is 0 Å². The molecule has 1 aromatic heterocycles. The van der Waals surface area contributed by atoms with E-state index >= 15 is 0 Å². The van der Waals surface area contributed by atoms with Crippen molar-refractivity contribution in [1.29, 1.82) is 0 Å². The smallest absolute Gasteiger partial charge is 0.107 e. The molecule has 2 aromatic rings. The Hall–Kier alpha value is -1.59. The van der Waals surface area contributed by atoms with E-state index < -0.39 is 0 Å². The first-order chi connectivity index (χ1) is 9.63. The zero-order valence-corrected chi connectivity index (χ0v) is 13.1. The van der Waals surface area contributed by atoms with Gasteiger partial charge in [0.1, 0.15) is 4.99 Å². The van der Waals surface area contributed by atoms with Crippen LogP contribution in [0.25, 0.3) is 0 Å². The number of hydrogen-bond donors (Lipinski definition) is 2. The van der Waals surface area contributed by atoms with Crippen molar-refractivity contribution in [1.82, 2.24) is 4.98 Å². The average Bonchev–Trinajstić information content (AvgIpc) is 2.47. The van der Waals surface area contributed by atoms with Crippen molar-refractivity contribution in [2.75, 3.05) is 11.6 Å². The quantitative estimate of drug-likeness (QED) is 0.653. The molecule has 0 saturated heterocycles. The van der Waals surface area contributed by atoms with Crippen LogP contribution in [0, 0.1) is 0 Å². The largest absolute Gasteiger partial charge is 0.389 e. The first-order valence-electron chi connectivity index (χ1n) is 6.26. The molecule has 5 heteroatoms. The van der Waals surface area contributed by atoms with Crippen LogP contribution in [-0.2, 0) is 0 Å². The third-order valence-electron chi connectivity index (χ3n) is 3.05. The summed E-state index contributed by atoms with van der Waals surface area (Å²) in [5.41, 5.74) is 8.86. The second kappa shape index (κ2) is 6.72. The van der Waals surface area contributed by atoms with Gasteiger partial charge < -0.3 is 11.1 Å². The second-order valence-electron chi connectivity index (χ2n) is 4.40. The van der Waals surface area contributed by atoms with E-state index in [2.05, 4.69) is 17.2 Å². The maximum absolute atomic E-state index is 5.87. The molecule has 0 aliphatic rings. The topological polar surface area (TPSA) is 50.9 Å². The summed E-state index contributed by atoms with van der Waals surface area (Å²) in [6.07, 6.45) is 5.65. The van der Waals surface area contributed by atoms with Crippen molar-refractivity contribution in [3.8, 4) is 0 Å². The number of nitrogens with one attached hydrogen (secondary N) is 1. The van der Waals surface area contributed by atoms with Crippen molar-refractivity contribution >= 4 is 34.7 Å². The SMILES string of the molecule is CSc1cccc(NC(C)c2cccnc2)c1C(N)=S. The monoisotopic (exact) mass is 303 g/mol. The van der Waals surface area contributed by atoms with Crippen molar-refractivity contribution in [2.24, 2.45) is 5.73 Å². The molecule has 20 heavy (non-hydrogen) atoms. The molecule has 0 radical (unpaired) electrons. The predicted octanol–water partition coefficient (Wildman–Crippen LogP) is 3.61. The number of hydrogen-bond acceptors (Lipinski definition) is 4. The van der Waals surface area contributed by atoms with E-state index in [0.717, 1.165) is 21.7 Å². The molecule has 1 atom stereocenters. The van der Waals surface area contributed by atoms with Crippen LogP contribution in [0.4, 0.5) is 5.69 Å². The van der Waals surface area contributed by atoms with Gasteiger partial charge in [0, 0.05) is 28.5 Å². The Bertz CT molecular complexity index is 599. The third-order valence-corrected chi connectivity index (χ3v) is 4.03. The molecule has 3 nitrogen and oxygen atoms in total. The molecule has 0 amide bonds. The normalized spacial score (nSPS) is 11.9. The fourth-order valence-corrected chi connectivity index (χ4v) is 2.95. The molecule has 0 bridgehead atoms. The summed E-state index contributed by atoms with van der Waals surface area (Å²) in [4.78, 5) is 5.64. The summed E-state index contributed by atoms with van der Waals surface area (Å²) >= 11 is 6.83. The number of nitrogens with zero attached hydrogens (tertiary/aromatic N) is 1. The molecule has 1 unspecified atom stereocenters. The van der Waals surface area contributed by atoms with E-state index in [0.29, 0.717) is 4.99 Å². The van der Waals surface area contributed by atoms with Crippen LogP contribution in [0.2, 0.25) is 0 Å². The van der Waals surface area contributed by atoms with Gasteiger partial charge in [-0.1, -0.05) is 24.4 Å². The number of anilines is 1. The van der Waals surface area contributed by atoms with Crippen molar-refractivity contribution in [3.63, 3.8) is 0 Å². The van der Waals surface area contributed by atoms with Crippen LogP contribution < -0.4 is 11.1 Å². The summed E-state index contributed by atoms with van der Waals surface area (Å²) in [5.74, 6) is 0. The first kappa shape index (κ1) is 14.8. The highest BCUT2D eigenvalue weighted by Gasteiger charge is 2.13. The van der Waals surface area contributed by atoms with Crippen LogP contribution in [0.1, 0.15) is 24.1 Å². The van der Waals surface area contributed by atoms with E-state index in [1.54, 1.807) is 18.0 Å². The second-order valence-corrected chi connectivity index (χ2v) is 5.69. The Morgan fingerprint density at radius 3 is 2.75 bits per heavy atom. The Morgan fingerprint density at radius 2 is 2.15 bits per heavy atom. The molecule has 1 heterocycles. The number of pyridine rings is 1. The number of aromatic nitrogens is 1. The van der Waals surface area contributed by atoms with E-state index in [1.807, 2.05) is 42.8 Å². The van der Waals surface area contributed by atoms with Gasteiger partial charge in [0.05, 0.1) is 6.04 Å². The zero-order chi connectivity index (χ0) is 14.5. The summed E-state index contributed by atoms with van der Waals surface area (Å²) in [6.45, 7) is 2.09. The maximum atomic E-state index is 5.87. The van der Waals surface area contributed by atoms with Crippen LogP contribution in [-0.4, -0.2) is 16.2 Å². The lowest BCUT2D eigenvalue weighted by atomic mass is 10.1. The molecular weight excluding hydrogens is 286 g/mol. The molecule has 0 aliphatic carbocycles. The number of benzene rings is 1. The summed E-state index contributed by atoms with van der Waals surface area (Å²) in [6, 6.07) is 10.1. The molecule has 0 spiro atoms. The molecule has 104 valence electrons. The zero-order valence-electron chi connectivity index (χ0n) is 11.5. The summed E-state index contributed by atoms with van der Waals surface area (Å²) < 4.78 is 0. The van der Waals surface area contributed by atoms with Gasteiger partial charge in [0.2, 0.25) is 0 Å². The summed E-state index contributed by atoms with van der Waals surface area (Å²) in [7, 11) is 0. The Balaban J connectivity index is 2.32. The van der Waals surface area contributed by atoms with Crippen LogP contribution in [0.5, 0.6) is 0 Å². The van der Waals surface area contributed by atoms with E-state index in [-0.39, 0.29) is 6.04 Å². The van der Waals surface area contributed by atoms with Crippen molar-refractivity contribution < 1.29 is 0 Å². The minimum absolute atomic E-state index is 0.133. The van der Waals surface area contributed by atoms with Crippen LogP contribution >= 0.6 is 24.0 Å². The number of nitrogens with two attached hydrogens (primary N) is 1. The third kappa shape index (κ3) is 3.29. The van der Waals surface area contributed by atoms with Gasteiger partial charge in [-0.15, -0.1) is 11.8 Å². The molecule has 0 saturated carbocycles. The lowest BCUT2D eigenvalue weighted by Crippen LogP contribution is -2.16. The summed E-state index contributed by atoms with van der Waals surface area (Å²) in [5, 5.41) is 3.46. The fourth-order valence-electron chi connectivity index (χ4n) is 2.02. The Morgan fingerprint density at radius 1 is 1.35 bits per heavy atom. The Labute approximate surface area is 129 Å². The standard InChI is InChI=1S/C15H17N3S2/c1-10(11-5-4-8-17-9-11)18-12-6-3-7-13(20-2)14(12)15(16)19/h3-10,18H,1-2H3,(H2,16,19). The van der Waals surface area contributed by atoms with Gasteiger partial charge in [-0.25, -0.2) is 0 Å². The van der Waals surface area contributed by atoms with Crippen molar-refractivity contribution in [2.45, 2.75) is 17.9 Å². The number of rotatable bonds is 5. The van der Waals surface area contributed by atoms with Gasteiger partial charge in [0.25, 0.3) is 0 Å². The fraction of sp³-hybridized carbons (Fsp3) is 0.200. The lowest BCUT2D eigenvalue weighted by molar-refractivity contribution is 0.874. The van der Waals surface area contributed by atoms with Crippen molar-refractivity contribution in [3.05, 3.63) is 53.9 Å². The molecular formula is C15H17N3S2. The van der Waals surface area contributed by atoms with Gasteiger partial charge in [-0.05, 0) is 36.9 Å².